The van der Waals surface area contributed by atoms with Gasteiger partial charge < -0.3 is 4.74 Å². The van der Waals surface area contributed by atoms with Crippen molar-refractivity contribution in [1.82, 2.24) is 9.88 Å². The summed E-state index contributed by atoms with van der Waals surface area (Å²) in [5.74, 6) is 1.49. The topological polar surface area (TPSA) is 25.4 Å². The Labute approximate surface area is 116 Å². The maximum Gasteiger partial charge on any atom is 0.0824 e. The van der Waals surface area contributed by atoms with Crippen molar-refractivity contribution in [2.24, 2.45) is 11.8 Å². The quantitative estimate of drug-likeness (QED) is 0.835. The van der Waals surface area contributed by atoms with Crippen LogP contribution in [-0.4, -0.2) is 35.2 Å². The Hall–Kier alpha value is -0.930. The first-order valence-electron chi connectivity index (χ1n) is 7.42. The summed E-state index contributed by atoms with van der Waals surface area (Å²) in [5, 5.41) is 0. The molecule has 0 unspecified atom stereocenters. The van der Waals surface area contributed by atoms with Crippen molar-refractivity contribution in [2.75, 3.05) is 19.7 Å². The van der Waals surface area contributed by atoms with Crippen molar-refractivity contribution < 1.29 is 4.74 Å². The third-order valence-corrected chi connectivity index (χ3v) is 4.70. The Morgan fingerprint density at radius 2 is 2.42 bits per heavy atom. The summed E-state index contributed by atoms with van der Waals surface area (Å²) >= 11 is 0. The average molecular weight is 260 g/mol. The smallest absolute Gasteiger partial charge is 0.0824 e. The molecule has 3 rings (SSSR count). The lowest BCUT2D eigenvalue weighted by Gasteiger charge is -2.24. The van der Waals surface area contributed by atoms with Gasteiger partial charge in [-0.15, -0.1) is 0 Å². The van der Waals surface area contributed by atoms with E-state index in [9.17, 15) is 0 Å². The van der Waals surface area contributed by atoms with Crippen molar-refractivity contribution in [1.29, 1.82) is 0 Å². The molecule has 2 fully saturated rings. The molecule has 2 atom stereocenters. The van der Waals surface area contributed by atoms with Gasteiger partial charge in [0, 0.05) is 32.0 Å². The summed E-state index contributed by atoms with van der Waals surface area (Å²) in [6.45, 7) is 8.83. The number of aromatic nitrogens is 1. The molecule has 0 aliphatic carbocycles. The van der Waals surface area contributed by atoms with Gasteiger partial charge in [-0.1, -0.05) is 19.9 Å². The second-order valence-electron chi connectivity index (χ2n) is 6.52. The van der Waals surface area contributed by atoms with Gasteiger partial charge in [0.05, 0.1) is 12.2 Å². The van der Waals surface area contributed by atoms with Gasteiger partial charge in [-0.3, -0.25) is 9.88 Å². The van der Waals surface area contributed by atoms with Gasteiger partial charge in [-0.05, 0) is 36.3 Å². The van der Waals surface area contributed by atoms with Crippen LogP contribution in [0.4, 0.5) is 0 Å². The second-order valence-corrected chi connectivity index (χ2v) is 6.52. The lowest BCUT2D eigenvalue weighted by atomic mass is 9.87. The summed E-state index contributed by atoms with van der Waals surface area (Å²) in [5.41, 5.74) is 1.45. The lowest BCUT2D eigenvalue weighted by Crippen LogP contribution is -2.32. The minimum atomic E-state index is 0.150. The van der Waals surface area contributed by atoms with Gasteiger partial charge in [-0.25, -0.2) is 0 Å². The highest BCUT2D eigenvalue weighted by atomic mass is 16.5. The number of nitrogens with zero attached hydrogens (tertiary/aromatic N) is 2. The Bertz CT molecular complexity index is 420. The van der Waals surface area contributed by atoms with Crippen molar-refractivity contribution in [3.8, 4) is 0 Å². The molecule has 2 aliphatic rings. The molecule has 3 heteroatoms. The molecule has 1 aromatic rings. The summed E-state index contributed by atoms with van der Waals surface area (Å²) in [6, 6.07) is 4.17. The number of hydrogen-bond donors (Lipinski definition) is 0. The molecule has 2 aliphatic heterocycles. The first kappa shape index (κ1) is 13.1. The Morgan fingerprint density at radius 3 is 3.11 bits per heavy atom. The fourth-order valence-electron chi connectivity index (χ4n) is 3.40. The van der Waals surface area contributed by atoms with Crippen LogP contribution in [0.3, 0.4) is 0 Å². The van der Waals surface area contributed by atoms with Crippen LogP contribution in [-0.2, 0) is 11.3 Å². The van der Waals surface area contributed by atoms with Gasteiger partial charge in [0.15, 0.2) is 0 Å². The van der Waals surface area contributed by atoms with Gasteiger partial charge >= 0.3 is 0 Å². The molecule has 0 N–H and O–H groups in total. The normalized spacial score (nSPS) is 31.6. The molecule has 1 aromatic heterocycles. The highest BCUT2D eigenvalue weighted by Crippen LogP contribution is 2.40. The van der Waals surface area contributed by atoms with Crippen molar-refractivity contribution in [2.45, 2.75) is 38.8 Å². The van der Waals surface area contributed by atoms with Crippen molar-refractivity contribution in [3.05, 3.63) is 30.1 Å². The highest BCUT2D eigenvalue weighted by molar-refractivity contribution is 5.09. The van der Waals surface area contributed by atoms with Crippen LogP contribution < -0.4 is 0 Å². The van der Waals surface area contributed by atoms with Crippen LogP contribution in [0.25, 0.3) is 0 Å². The fraction of sp³-hybridized carbons (Fsp3) is 0.688. The molecule has 3 heterocycles. The Balaban J connectivity index is 1.59. The zero-order valence-electron chi connectivity index (χ0n) is 12.0. The minimum Gasteiger partial charge on any atom is -0.373 e. The lowest BCUT2D eigenvalue weighted by molar-refractivity contribution is 0.0106. The molecule has 2 saturated heterocycles. The molecular formula is C16H24N2O. The van der Waals surface area contributed by atoms with E-state index < -0.39 is 0 Å². The SMILES string of the molecule is CC(C)[C@H]1CO[C@@]2(CCN(Cc3cccnc3)C2)C1. The van der Waals surface area contributed by atoms with E-state index in [4.69, 9.17) is 4.74 Å². The van der Waals surface area contributed by atoms with E-state index in [0.29, 0.717) is 0 Å². The van der Waals surface area contributed by atoms with E-state index in [1.165, 1.54) is 18.4 Å². The Kier molecular flexibility index (Phi) is 3.59. The third-order valence-electron chi connectivity index (χ3n) is 4.70. The monoisotopic (exact) mass is 260 g/mol. The van der Waals surface area contributed by atoms with E-state index in [2.05, 4.69) is 29.8 Å². The van der Waals surface area contributed by atoms with Crippen molar-refractivity contribution >= 4 is 0 Å². The van der Waals surface area contributed by atoms with E-state index in [-0.39, 0.29) is 5.60 Å². The predicted octanol–water partition coefficient (Wildman–Crippen LogP) is 2.72. The van der Waals surface area contributed by atoms with Gasteiger partial charge in [0.2, 0.25) is 0 Å². The molecule has 104 valence electrons. The van der Waals surface area contributed by atoms with Gasteiger partial charge in [0.1, 0.15) is 0 Å². The van der Waals surface area contributed by atoms with Crippen LogP contribution in [0.1, 0.15) is 32.3 Å². The second kappa shape index (κ2) is 5.22. The van der Waals surface area contributed by atoms with E-state index in [1.54, 1.807) is 0 Å². The standard InChI is InChI=1S/C16H24N2O/c1-13(2)15-8-16(19-11-15)5-7-18(12-16)10-14-4-3-6-17-9-14/h3-4,6,9,13,15H,5,7-8,10-12H2,1-2H3/t15-,16+/m1/s1. The Morgan fingerprint density at radius 1 is 1.53 bits per heavy atom. The third kappa shape index (κ3) is 2.82. The molecular weight excluding hydrogens is 236 g/mol. The maximum atomic E-state index is 6.19. The highest BCUT2D eigenvalue weighted by Gasteiger charge is 2.45. The minimum absolute atomic E-state index is 0.150. The molecule has 0 radical (unpaired) electrons. The molecule has 19 heavy (non-hydrogen) atoms. The summed E-state index contributed by atoms with van der Waals surface area (Å²) < 4.78 is 6.19. The summed E-state index contributed by atoms with van der Waals surface area (Å²) in [6.07, 6.45) is 6.24. The molecule has 0 aromatic carbocycles. The van der Waals surface area contributed by atoms with Crippen LogP contribution in [0.2, 0.25) is 0 Å². The first-order chi connectivity index (χ1) is 9.17. The summed E-state index contributed by atoms with van der Waals surface area (Å²) in [7, 11) is 0. The van der Waals surface area contributed by atoms with Crippen LogP contribution >= 0.6 is 0 Å². The number of likely N-dealkylation sites (tertiary alicyclic amines) is 1. The molecule has 3 nitrogen and oxygen atoms in total. The predicted molar refractivity (Wildman–Crippen MR) is 75.8 cm³/mol. The maximum absolute atomic E-state index is 6.19. The van der Waals surface area contributed by atoms with Crippen molar-refractivity contribution in [3.63, 3.8) is 0 Å². The zero-order valence-corrected chi connectivity index (χ0v) is 12.0. The molecule has 0 bridgehead atoms. The summed E-state index contributed by atoms with van der Waals surface area (Å²) in [4.78, 5) is 6.71. The number of hydrogen-bond acceptors (Lipinski definition) is 3. The van der Waals surface area contributed by atoms with Crippen LogP contribution in [0.15, 0.2) is 24.5 Å². The molecule has 1 spiro atoms. The van der Waals surface area contributed by atoms with Gasteiger partial charge in [0.25, 0.3) is 0 Å². The van der Waals surface area contributed by atoms with E-state index >= 15 is 0 Å². The van der Waals surface area contributed by atoms with Gasteiger partial charge in [-0.2, -0.15) is 0 Å². The number of rotatable bonds is 3. The number of pyridine rings is 1. The van der Waals surface area contributed by atoms with E-state index in [1.807, 2.05) is 18.5 Å². The largest absolute Gasteiger partial charge is 0.373 e. The number of ether oxygens (including phenoxy) is 1. The molecule has 0 saturated carbocycles. The average Bonchev–Trinajstić information content (AvgIpc) is 2.99. The first-order valence-corrected chi connectivity index (χ1v) is 7.42. The zero-order chi connectivity index (χ0) is 13.3. The van der Waals surface area contributed by atoms with E-state index in [0.717, 1.165) is 38.1 Å². The van der Waals surface area contributed by atoms with Crippen LogP contribution in [0.5, 0.6) is 0 Å². The molecule has 0 amide bonds. The van der Waals surface area contributed by atoms with Crippen LogP contribution in [0, 0.1) is 11.8 Å². The fourth-order valence-corrected chi connectivity index (χ4v) is 3.40.